The molecule has 0 aromatic heterocycles. The fraction of sp³-hybridized carbons (Fsp3) is 0.632. The van der Waals surface area contributed by atoms with Gasteiger partial charge in [0.15, 0.2) is 0 Å². The first kappa shape index (κ1) is 18.0. The summed E-state index contributed by atoms with van der Waals surface area (Å²) in [6.45, 7) is 8.48. The van der Waals surface area contributed by atoms with E-state index >= 15 is 0 Å². The maximum Gasteiger partial charge on any atom is 0.234 e. The summed E-state index contributed by atoms with van der Waals surface area (Å²) in [5.74, 6) is 0.838. The van der Waals surface area contributed by atoms with E-state index in [0.29, 0.717) is 12.5 Å². The van der Waals surface area contributed by atoms with Gasteiger partial charge in [0.2, 0.25) is 5.91 Å². The largest absolute Gasteiger partial charge is 0.388 e. The second kappa shape index (κ2) is 8.46. The first-order chi connectivity index (χ1) is 11.0. The Hall–Kier alpha value is -1.39. The molecule has 2 unspecified atom stereocenters. The van der Waals surface area contributed by atoms with Gasteiger partial charge in [-0.15, -0.1) is 0 Å². The standard InChI is InChI=1S/C19H30N2O2/c1-14(2)15(3)20-18(22)13-21-11-9-17(10-12-21)19(23)16-7-5-4-6-8-16/h4-8,14-15,17,19,23H,9-13H2,1-3H3,(H,20,22). The van der Waals surface area contributed by atoms with Gasteiger partial charge in [-0.25, -0.2) is 0 Å². The van der Waals surface area contributed by atoms with Crippen LogP contribution in [0.2, 0.25) is 0 Å². The minimum Gasteiger partial charge on any atom is -0.388 e. The maximum absolute atomic E-state index is 12.1. The number of nitrogens with zero attached hydrogens (tertiary/aromatic N) is 1. The predicted molar refractivity (Wildman–Crippen MR) is 93.0 cm³/mol. The lowest BCUT2D eigenvalue weighted by molar-refractivity contribution is -0.123. The van der Waals surface area contributed by atoms with Crippen LogP contribution >= 0.6 is 0 Å². The molecule has 4 heteroatoms. The quantitative estimate of drug-likeness (QED) is 0.848. The van der Waals surface area contributed by atoms with Crippen LogP contribution in [-0.4, -0.2) is 41.6 Å². The first-order valence-electron chi connectivity index (χ1n) is 8.72. The van der Waals surface area contributed by atoms with E-state index < -0.39 is 6.10 Å². The Morgan fingerprint density at radius 1 is 1.22 bits per heavy atom. The smallest absolute Gasteiger partial charge is 0.234 e. The Kier molecular flexibility index (Phi) is 6.60. The summed E-state index contributed by atoms with van der Waals surface area (Å²) in [5, 5.41) is 13.6. The van der Waals surface area contributed by atoms with E-state index in [1.54, 1.807) is 0 Å². The summed E-state index contributed by atoms with van der Waals surface area (Å²) in [6.07, 6.45) is 1.47. The summed E-state index contributed by atoms with van der Waals surface area (Å²) < 4.78 is 0. The van der Waals surface area contributed by atoms with Gasteiger partial charge >= 0.3 is 0 Å². The Morgan fingerprint density at radius 3 is 2.39 bits per heavy atom. The van der Waals surface area contributed by atoms with E-state index in [4.69, 9.17) is 0 Å². The molecule has 1 saturated heterocycles. The van der Waals surface area contributed by atoms with Crippen molar-refractivity contribution in [1.82, 2.24) is 10.2 Å². The molecule has 1 fully saturated rings. The van der Waals surface area contributed by atoms with Crippen LogP contribution in [0.15, 0.2) is 30.3 Å². The Balaban J connectivity index is 1.77. The summed E-state index contributed by atoms with van der Waals surface area (Å²) in [4.78, 5) is 14.3. The molecular formula is C19H30N2O2. The fourth-order valence-corrected chi connectivity index (χ4v) is 3.02. The molecule has 23 heavy (non-hydrogen) atoms. The van der Waals surface area contributed by atoms with Crippen molar-refractivity contribution in [2.75, 3.05) is 19.6 Å². The van der Waals surface area contributed by atoms with Crippen molar-refractivity contribution in [3.05, 3.63) is 35.9 Å². The number of aliphatic hydroxyl groups excluding tert-OH is 1. The highest BCUT2D eigenvalue weighted by molar-refractivity contribution is 5.78. The van der Waals surface area contributed by atoms with Crippen LogP contribution in [0.3, 0.4) is 0 Å². The second-order valence-corrected chi connectivity index (χ2v) is 7.07. The van der Waals surface area contributed by atoms with Crippen LogP contribution in [0, 0.1) is 11.8 Å². The first-order valence-corrected chi connectivity index (χ1v) is 8.72. The molecule has 1 heterocycles. The van der Waals surface area contributed by atoms with Gasteiger partial charge in [0.05, 0.1) is 12.6 Å². The number of carbonyl (C=O) groups excluding carboxylic acids is 1. The van der Waals surface area contributed by atoms with E-state index in [0.717, 1.165) is 31.5 Å². The van der Waals surface area contributed by atoms with E-state index in [1.165, 1.54) is 0 Å². The van der Waals surface area contributed by atoms with Crippen molar-refractivity contribution in [3.63, 3.8) is 0 Å². The number of hydrogen-bond acceptors (Lipinski definition) is 3. The molecule has 2 N–H and O–H groups in total. The third-order valence-electron chi connectivity index (χ3n) is 4.98. The third-order valence-corrected chi connectivity index (χ3v) is 4.98. The topological polar surface area (TPSA) is 52.6 Å². The van der Waals surface area contributed by atoms with E-state index in [1.807, 2.05) is 37.3 Å². The monoisotopic (exact) mass is 318 g/mol. The predicted octanol–water partition coefficient (Wildman–Crippen LogP) is 2.59. The molecule has 1 aliphatic heterocycles. The molecule has 0 aliphatic carbocycles. The van der Waals surface area contributed by atoms with E-state index in [9.17, 15) is 9.90 Å². The van der Waals surface area contributed by atoms with Crippen molar-refractivity contribution in [2.45, 2.75) is 45.8 Å². The molecule has 1 amide bonds. The number of benzene rings is 1. The van der Waals surface area contributed by atoms with Gasteiger partial charge in [0.25, 0.3) is 0 Å². The van der Waals surface area contributed by atoms with Crippen LogP contribution in [0.5, 0.6) is 0 Å². The van der Waals surface area contributed by atoms with Crippen molar-refractivity contribution in [3.8, 4) is 0 Å². The average Bonchev–Trinajstić information content (AvgIpc) is 2.55. The zero-order chi connectivity index (χ0) is 16.8. The normalized spacial score (nSPS) is 19.5. The molecule has 0 saturated carbocycles. The molecular weight excluding hydrogens is 288 g/mol. The van der Waals surface area contributed by atoms with Gasteiger partial charge in [-0.2, -0.15) is 0 Å². The summed E-state index contributed by atoms with van der Waals surface area (Å²) in [7, 11) is 0. The molecule has 1 aromatic rings. The minimum atomic E-state index is -0.395. The number of piperidine rings is 1. The number of rotatable bonds is 6. The molecule has 1 aromatic carbocycles. The highest BCUT2D eigenvalue weighted by Crippen LogP contribution is 2.30. The maximum atomic E-state index is 12.1. The van der Waals surface area contributed by atoms with Gasteiger partial charge in [-0.1, -0.05) is 44.2 Å². The molecule has 4 nitrogen and oxygen atoms in total. The SMILES string of the molecule is CC(C)C(C)NC(=O)CN1CCC(C(O)c2ccccc2)CC1. The number of aliphatic hydroxyl groups is 1. The Labute approximate surface area is 139 Å². The van der Waals surface area contributed by atoms with E-state index in [-0.39, 0.29) is 17.9 Å². The van der Waals surface area contributed by atoms with Crippen molar-refractivity contribution in [2.24, 2.45) is 11.8 Å². The lowest BCUT2D eigenvalue weighted by atomic mass is 9.87. The molecule has 2 rings (SSSR count). The average molecular weight is 318 g/mol. The van der Waals surface area contributed by atoms with Crippen LogP contribution < -0.4 is 5.32 Å². The highest BCUT2D eigenvalue weighted by Gasteiger charge is 2.27. The van der Waals surface area contributed by atoms with Crippen LogP contribution in [-0.2, 0) is 4.79 Å². The zero-order valence-corrected chi connectivity index (χ0v) is 14.5. The molecule has 128 valence electrons. The molecule has 0 radical (unpaired) electrons. The number of nitrogens with one attached hydrogen (secondary N) is 1. The lowest BCUT2D eigenvalue weighted by Crippen LogP contribution is -2.45. The number of likely N-dealkylation sites (tertiary alicyclic amines) is 1. The van der Waals surface area contributed by atoms with Gasteiger partial charge in [-0.3, -0.25) is 9.69 Å². The second-order valence-electron chi connectivity index (χ2n) is 7.07. The number of carbonyl (C=O) groups is 1. The summed E-state index contributed by atoms with van der Waals surface area (Å²) in [6, 6.07) is 10.1. The summed E-state index contributed by atoms with van der Waals surface area (Å²) in [5.41, 5.74) is 0.995. The molecule has 0 bridgehead atoms. The minimum absolute atomic E-state index is 0.105. The lowest BCUT2D eigenvalue weighted by Gasteiger charge is -2.34. The fourth-order valence-electron chi connectivity index (χ4n) is 3.02. The Bertz CT molecular complexity index is 481. The molecule has 2 atom stereocenters. The van der Waals surface area contributed by atoms with Gasteiger partial charge in [0.1, 0.15) is 0 Å². The van der Waals surface area contributed by atoms with Crippen LogP contribution in [0.1, 0.15) is 45.3 Å². The summed E-state index contributed by atoms with van der Waals surface area (Å²) >= 11 is 0. The van der Waals surface area contributed by atoms with Crippen LogP contribution in [0.25, 0.3) is 0 Å². The van der Waals surface area contributed by atoms with Gasteiger partial charge < -0.3 is 10.4 Å². The van der Waals surface area contributed by atoms with Gasteiger partial charge in [0, 0.05) is 6.04 Å². The van der Waals surface area contributed by atoms with Gasteiger partial charge in [-0.05, 0) is 50.3 Å². The Morgan fingerprint density at radius 2 is 1.83 bits per heavy atom. The highest BCUT2D eigenvalue weighted by atomic mass is 16.3. The van der Waals surface area contributed by atoms with Crippen molar-refractivity contribution < 1.29 is 9.90 Å². The zero-order valence-electron chi connectivity index (χ0n) is 14.5. The van der Waals surface area contributed by atoms with E-state index in [2.05, 4.69) is 24.1 Å². The van der Waals surface area contributed by atoms with Crippen LogP contribution in [0.4, 0.5) is 0 Å². The van der Waals surface area contributed by atoms with Crippen molar-refractivity contribution in [1.29, 1.82) is 0 Å². The number of amides is 1. The molecule has 0 spiro atoms. The van der Waals surface area contributed by atoms with Crippen molar-refractivity contribution >= 4 is 5.91 Å². The molecule has 1 aliphatic rings. The third kappa shape index (κ3) is 5.33. The number of hydrogen-bond donors (Lipinski definition) is 2.